The van der Waals surface area contributed by atoms with E-state index < -0.39 is 0 Å². The lowest BCUT2D eigenvalue weighted by Crippen LogP contribution is -2.39. The van der Waals surface area contributed by atoms with Crippen molar-refractivity contribution >= 4 is 5.96 Å². The van der Waals surface area contributed by atoms with E-state index in [1.54, 1.807) is 13.3 Å². The van der Waals surface area contributed by atoms with Crippen LogP contribution in [0.4, 0.5) is 0 Å². The van der Waals surface area contributed by atoms with Gasteiger partial charge in [-0.2, -0.15) is 5.10 Å². The molecule has 3 N–H and O–H groups in total. The Morgan fingerprint density at radius 2 is 2.18 bits per heavy atom. The van der Waals surface area contributed by atoms with E-state index in [0.29, 0.717) is 30.5 Å². The molecule has 1 aliphatic rings. The molecular weight excluding hydrogens is 360 g/mol. The summed E-state index contributed by atoms with van der Waals surface area (Å²) in [6, 6.07) is 3.66. The Bertz CT molecular complexity index is 694. The normalized spacial score (nSPS) is 15.7. The third-order valence-corrected chi connectivity index (χ3v) is 4.60. The molecule has 3 rings (SSSR count). The van der Waals surface area contributed by atoms with Crippen molar-refractivity contribution in [2.45, 2.75) is 25.7 Å². The predicted octanol–water partition coefficient (Wildman–Crippen LogP) is 1.61. The van der Waals surface area contributed by atoms with Gasteiger partial charge in [0.1, 0.15) is 5.82 Å². The van der Waals surface area contributed by atoms with Crippen molar-refractivity contribution in [3.63, 3.8) is 0 Å². The number of aliphatic imine (C=N–C) groups is 1. The fourth-order valence-electron chi connectivity index (χ4n) is 2.99. The summed E-state index contributed by atoms with van der Waals surface area (Å²) in [6.45, 7) is 4.86. The predicted molar refractivity (Wildman–Crippen MR) is 106 cm³/mol. The Morgan fingerprint density at radius 3 is 2.96 bits per heavy atom. The van der Waals surface area contributed by atoms with Gasteiger partial charge in [-0.1, -0.05) is 0 Å². The standard InChI is InChI=1S/C19H30N6O3/c1-20-19(21-8-3-10-27-14-15-6-12-26-13-7-15)22-9-5-17-23-18(25-24-17)16-4-2-11-28-16/h2,4,11,15H,3,5-10,12-14H2,1H3,(H2,20,21,22)(H,23,24,25). The number of hydrogen-bond donors (Lipinski definition) is 3. The quantitative estimate of drug-likeness (QED) is 0.321. The van der Waals surface area contributed by atoms with Gasteiger partial charge in [-0.3, -0.25) is 10.1 Å². The van der Waals surface area contributed by atoms with E-state index >= 15 is 0 Å². The second-order valence-corrected chi connectivity index (χ2v) is 6.74. The maximum absolute atomic E-state index is 5.78. The molecule has 9 heteroatoms. The Morgan fingerprint density at radius 1 is 1.32 bits per heavy atom. The third-order valence-electron chi connectivity index (χ3n) is 4.60. The Balaban J connectivity index is 1.24. The van der Waals surface area contributed by atoms with Crippen LogP contribution in [0.15, 0.2) is 27.8 Å². The van der Waals surface area contributed by atoms with Crippen molar-refractivity contribution in [1.82, 2.24) is 25.8 Å². The third kappa shape index (κ3) is 6.65. The van der Waals surface area contributed by atoms with Gasteiger partial charge in [0, 0.05) is 53.0 Å². The first kappa shape index (κ1) is 20.3. The van der Waals surface area contributed by atoms with Gasteiger partial charge >= 0.3 is 0 Å². The molecule has 0 radical (unpaired) electrons. The Hall–Kier alpha value is -2.39. The first-order chi connectivity index (χ1) is 13.8. The maximum atomic E-state index is 5.78. The topological polar surface area (TPSA) is 110 Å². The Kier molecular flexibility index (Phi) is 8.32. The number of ether oxygens (including phenoxy) is 2. The second-order valence-electron chi connectivity index (χ2n) is 6.74. The van der Waals surface area contributed by atoms with Crippen LogP contribution in [0.1, 0.15) is 25.1 Å². The van der Waals surface area contributed by atoms with Crippen LogP contribution in [-0.4, -0.2) is 67.7 Å². The van der Waals surface area contributed by atoms with Crippen LogP contribution in [0.25, 0.3) is 11.6 Å². The molecule has 28 heavy (non-hydrogen) atoms. The number of H-pyrrole nitrogens is 1. The molecular formula is C19H30N6O3. The number of guanidine groups is 1. The molecule has 0 aromatic carbocycles. The summed E-state index contributed by atoms with van der Waals surface area (Å²) in [5, 5.41) is 13.7. The lowest BCUT2D eigenvalue weighted by Gasteiger charge is -2.21. The monoisotopic (exact) mass is 390 g/mol. The lowest BCUT2D eigenvalue weighted by atomic mass is 10.0. The van der Waals surface area contributed by atoms with Gasteiger partial charge in [-0.15, -0.1) is 0 Å². The van der Waals surface area contributed by atoms with Gasteiger partial charge in [0.05, 0.1) is 6.26 Å². The SMILES string of the molecule is CN=C(NCCCOCC1CCOCC1)NCCc1nc(-c2ccco2)n[nH]1. The van der Waals surface area contributed by atoms with Crippen LogP contribution >= 0.6 is 0 Å². The van der Waals surface area contributed by atoms with Crippen LogP contribution in [-0.2, 0) is 15.9 Å². The number of furan rings is 1. The zero-order valence-electron chi connectivity index (χ0n) is 16.4. The summed E-state index contributed by atoms with van der Waals surface area (Å²) in [6.07, 6.45) is 5.49. The van der Waals surface area contributed by atoms with E-state index in [2.05, 4.69) is 30.8 Å². The van der Waals surface area contributed by atoms with E-state index in [0.717, 1.165) is 64.0 Å². The molecule has 0 atom stereocenters. The largest absolute Gasteiger partial charge is 0.461 e. The van der Waals surface area contributed by atoms with E-state index in [9.17, 15) is 0 Å². The molecule has 0 spiro atoms. The molecule has 0 unspecified atom stereocenters. The van der Waals surface area contributed by atoms with Crippen molar-refractivity contribution in [3.05, 3.63) is 24.2 Å². The molecule has 9 nitrogen and oxygen atoms in total. The average Bonchev–Trinajstić information content (AvgIpc) is 3.41. The van der Waals surface area contributed by atoms with Crippen molar-refractivity contribution in [1.29, 1.82) is 0 Å². The average molecular weight is 390 g/mol. The summed E-state index contributed by atoms with van der Waals surface area (Å²) < 4.78 is 16.4. The number of aromatic nitrogens is 3. The summed E-state index contributed by atoms with van der Waals surface area (Å²) in [5.41, 5.74) is 0. The van der Waals surface area contributed by atoms with E-state index in [4.69, 9.17) is 13.9 Å². The summed E-state index contributed by atoms with van der Waals surface area (Å²) in [5.74, 6) is 3.46. The zero-order chi connectivity index (χ0) is 19.4. The van der Waals surface area contributed by atoms with E-state index in [1.165, 1.54) is 0 Å². The highest BCUT2D eigenvalue weighted by molar-refractivity contribution is 5.79. The van der Waals surface area contributed by atoms with Gasteiger partial charge < -0.3 is 24.5 Å². The van der Waals surface area contributed by atoms with Gasteiger partial charge in [0.2, 0.25) is 5.82 Å². The fourth-order valence-corrected chi connectivity index (χ4v) is 2.99. The van der Waals surface area contributed by atoms with Gasteiger partial charge in [0.25, 0.3) is 0 Å². The highest BCUT2D eigenvalue weighted by atomic mass is 16.5. The van der Waals surface area contributed by atoms with E-state index in [1.807, 2.05) is 12.1 Å². The minimum absolute atomic E-state index is 0.572. The molecule has 0 bridgehead atoms. The summed E-state index contributed by atoms with van der Waals surface area (Å²) >= 11 is 0. The number of rotatable bonds is 10. The molecule has 3 heterocycles. The first-order valence-corrected chi connectivity index (χ1v) is 9.90. The van der Waals surface area contributed by atoms with Crippen LogP contribution in [0.5, 0.6) is 0 Å². The molecule has 1 aliphatic heterocycles. The number of nitrogens with one attached hydrogen (secondary N) is 3. The molecule has 2 aromatic heterocycles. The molecule has 0 aliphatic carbocycles. The number of nitrogens with zero attached hydrogens (tertiary/aromatic N) is 3. The lowest BCUT2D eigenvalue weighted by molar-refractivity contribution is 0.0203. The second kappa shape index (κ2) is 11.5. The highest BCUT2D eigenvalue weighted by Gasteiger charge is 2.13. The van der Waals surface area contributed by atoms with Crippen molar-refractivity contribution in [3.8, 4) is 11.6 Å². The maximum Gasteiger partial charge on any atom is 0.216 e. The smallest absolute Gasteiger partial charge is 0.216 e. The minimum atomic E-state index is 0.572. The molecule has 0 amide bonds. The van der Waals surface area contributed by atoms with Gasteiger partial charge in [-0.05, 0) is 37.3 Å². The minimum Gasteiger partial charge on any atom is -0.461 e. The number of aromatic amines is 1. The molecule has 1 saturated heterocycles. The molecule has 2 aromatic rings. The van der Waals surface area contributed by atoms with Crippen LogP contribution in [0.2, 0.25) is 0 Å². The zero-order valence-corrected chi connectivity index (χ0v) is 16.4. The molecule has 1 fully saturated rings. The molecule has 0 saturated carbocycles. The Labute approximate surface area is 165 Å². The summed E-state index contributed by atoms with van der Waals surface area (Å²) in [4.78, 5) is 8.66. The molecule has 154 valence electrons. The van der Waals surface area contributed by atoms with E-state index in [-0.39, 0.29) is 0 Å². The van der Waals surface area contributed by atoms with Crippen molar-refractivity contribution < 1.29 is 13.9 Å². The van der Waals surface area contributed by atoms with Crippen LogP contribution in [0, 0.1) is 5.92 Å². The van der Waals surface area contributed by atoms with Crippen LogP contribution in [0.3, 0.4) is 0 Å². The van der Waals surface area contributed by atoms with Crippen molar-refractivity contribution in [2.24, 2.45) is 10.9 Å². The van der Waals surface area contributed by atoms with Gasteiger partial charge in [-0.25, -0.2) is 4.98 Å². The number of hydrogen-bond acceptors (Lipinski definition) is 6. The highest BCUT2D eigenvalue weighted by Crippen LogP contribution is 2.15. The summed E-state index contributed by atoms with van der Waals surface area (Å²) in [7, 11) is 1.76. The van der Waals surface area contributed by atoms with Crippen molar-refractivity contribution in [2.75, 3.05) is 46.6 Å². The van der Waals surface area contributed by atoms with Crippen LogP contribution < -0.4 is 10.6 Å². The van der Waals surface area contributed by atoms with Gasteiger partial charge in [0.15, 0.2) is 11.7 Å². The fraction of sp³-hybridized carbons (Fsp3) is 0.632. The first-order valence-electron chi connectivity index (χ1n) is 9.90.